The van der Waals surface area contributed by atoms with E-state index in [9.17, 15) is 36.2 Å². The Morgan fingerprint density at radius 2 is 1.71 bits per heavy atom. The van der Waals surface area contributed by atoms with Crippen molar-refractivity contribution in [3.8, 4) is 15.6 Å². The first-order chi connectivity index (χ1) is 15.8. The van der Waals surface area contributed by atoms with Gasteiger partial charge in [-0.25, -0.2) is 9.78 Å². The van der Waals surface area contributed by atoms with Crippen LogP contribution in [0.5, 0.6) is 0 Å². The molecule has 3 aromatic rings. The summed E-state index contributed by atoms with van der Waals surface area (Å²) in [5.74, 6) is -2.41. The van der Waals surface area contributed by atoms with Crippen molar-refractivity contribution in [2.45, 2.75) is 32.1 Å². The fourth-order valence-electron chi connectivity index (χ4n) is 3.82. The minimum atomic E-state index is -4.53. The summed E-state index contributed by atoms with van der Waals surface area (Å²) in [5.41, 5.74) is -0.210. The highest BCUT2D eigenvalue weighted by Crippen LogP contribution is 2.42. The number of carbonyl (C=O) groups is 1. The third-order valence-electron chi connectivity index (χ3n) is 5.56. The number of thiazole rings is 1. The maximum atomic E-state index is 13.1. The minimum Gasteiger partial charge on any atom is -0.477 e. The standard InChI is InChI=1S/C21H18F6N4O2S/c1-11-10-15(18(32)33)31(29-11)19-28-17(30-8-6-14(7-9-30)21(25,26)27)16(34-19)12-2-4-13(5-3-12)20(22,23)24/h2-5,10,14H,6-9H2,1H3,(H,32,33). The van der Waals surface area contributed by atoms with Gasteiger partial charge in [-0.3, -0.25) is 0 Å². The number of benzene rings is 1. The molecule has 0 spiro atoms. The smallest absolute Gasteiger partial charge is 0.416 e. The van der Waals surface area contributed by atoms with Crippen molar-refractivity contribution >= 4 is 23.1 Å². The fourth-order valence-corrected chi connectivity index (χ4v) is 4.88. The Kier molecular flexibility index (Phi) is 6.08. The summed E-state index contributed by atoms with van der Waals surface area (Å²) in [5, 5.41) is 13.8. The minimum absolute atomic E-state index is 0.0465. The van der Waals surface area contributed by atoms with Crippen LogP contribution in [0, 0.1) is 12.8 Å². The van der Waals surface area contributed by atoms with Crippen molar-refractivity contribution < 1.29 is 36.2 Å². The number of rotatable bonds is 4. The second kappa shape index (κ2) is 8.60. The average Bonchev–Trinajstić information content (AvgIpc) is 3.37. The lowest BCUT2D eigenvalue weighted by Crippen LogP contribution is -2.39. The highest BCUT2D eigenvalue weighted by Gasteiger charge is 2.41. The molecule has 0 radical (unpaired) electrons. The number of carboxylic acids is 1. The Morgan fingerprint density at radius 1 is 1.09 bits per heavy atom. The van der Waals surface area contributed by atoms with E-state index in [-0.39, 0.29) is 42.6 Å². The molecule has 1 aliphatic rings. The van der Waals surface area contributed by atoms with Crippen LogP contribution in [0.2, 0.25) is 0 Å². The van der Waals surface area contributed by atoms with Crippen molar-refractivity contribution in [3.63, 3.8) is 0 Å². The lowest BCUT2D eigenvalue weighted by Gasteiger charge is -2.33. The van der Waals surface area contributed by atoms with E-state index in [1.54, 1.807) is 11.8 Å². The summed E-state index contributed by atoms with van der Waals surface area (Å²) >= 11 is 1.00. The molecule has 1 aliphatic heterocycles. The summed E-state index contributed by atoms with van der Waals surface area (Å²) in [4.78, 5) is 18.2. The molecule has 4 rings (SSSR count). The predicted molar refractivity (Wildman–Crippen MR) is 112 cm³/mol. The van der Waals surface area contributed by atoms with Crippen molar-refractivity contribution in [2.24, 2.45) is 5.92 Å². The number of piperidine rings is 1. The molecule has 2 aromatic heterocycles. The molecule has 0 amide bonds. The van der Waals surface area contributed by atoms with Gasteiger partial charge in [-0.1, -0.05) is 23.5 Å². The zero-order valence-electron chi connectivity index (χ0n) is 17.6. The second-order valence-electron chi connectivity index (χ2n) is 7.92. The largest absolute Gasteiger partial charge is 0.477 e. The van der Waals surface area contributed by atoms with Gasteiger partial charge in [0.25, 0.3) is 0 Å². The van der Waals surface area contributed by atoms with Crippen LogP contribution in [0.25, 0.3) is 15.6 Å². The maximum Gasteiger partial charge on any atom is 0.416 e. The van der Waals surface area contributed by atoms with Gasteiger partial charge in [-0.15, -0.1) is 0 Å². The number of hydrogen-bond donors (Lipinski definition) is 1. The van der Waals surface area contributed by atoms with Gasteiger partial charge in [0.1, 0.15) is 5.82 Å². The molecule has 13 heteroatoms. The molecule has 6 nitrogen and oxygen atoms in total. The predicted octanol–water partition coefficient (Wildman–Crippen LogP) is 5.80. The van der Waals surface area contributed by atoms with E-state index in [1.807, 2.05) is 0 Å². The summed E-state index contributed by atoms with van der Waals surface area (Å²) in [6.45, 7) is 1.69. The first-order valence-electron chi connectivity index (χ1n) is 10.1. The Bertz CT molecular complexity index is 1190. The van der Waals surface area contributed by atoms with Crippen LogP contribution in [0.4, 0.5) is 32.2 Å². The summed E-state index contributed by atoms with van der Waals surface area (Å²) in [7, 11) is 0. The van der Waals surface area contributed by atoms with Gasteiger partial charge in [-0.2, -0.15) is 36.1 Å². The van der Waals surface area contributed by atoms with Crippen LogP contribution in [-0.2, 0) is 6.18 Å². The van der Waals surface area contributed by atoms with E-state index in [0.717, 1.165) is 28.2 Å². The summed E-state index contributed by atoms with van der Waals surface area (Å²) in [6, 6.07) is 5.69. The second-order valence-corrected chi connectivity index (χ2v) is 8.89. The number of anilines is 1. The van der Waals surface area contributed by atoms with E-state index >= 15 is 0 Å². The molecule has 0 aliphatic carbocycles. The Balaban J connectivity index is 1.76. The molecule has 0 bridgehead atoms. The molecule has 0 unspecified atom stereocenters. The molecular weight excluding hydrogens is 486 g/mol. The quantitative estimate of drug-likeness (QED) is 0.455. The van der Waals surface area contributed by atoms with Crippen LogP contribution < -0.4 is 4.90 Å². The average molecular weight is 504 g/mol. The van der Waals surface area contributed by atoms with Crippen molar-refractivity contribution in [3.05, 3.63) is 47.3 Å². The van der Waals surface area contributed by atoms with Gasteiger partial charge < -0.3 is 10.0 Å². The topological polar surface area (TPSA) is 71.2 Å². The lowest BCUT2D eigenvalue weighted by atomic mass is 9.96. The molecule has 34 heavy (non-hydrogen) atoms. The van der Waals surface area contributed by atoms with Crippen LogP contribution in [0.1, 0.15) is 34.6 Å². The van der Waals surface area contributed by atoms with Gasteiger partial charge in [0.05, 0.1) is 22.1 Å². The number of aryl methyl sites for hydroxylation is 1. The normalized spacial score (nSPS) is 15.7. The number of aromatic nitrogens is 3. The molecule has 0 atom stereocenters. The molecule has 1 fully saturated rings. The molecule has 1 N–H and O–H groups in total. The van der Waals surface area contributed by atoms with E-state index < -0.39 is 29.8 Å². The van der Waals surface area contributed by atoms with Crippen molar-refractivity contribution in [1.82, 2.24) is 14.8 Å². The fraction of sp³-hybridized carbons (Fsp3) is 0.381. The van der Waals surface area contributed by atoms with Gasteiger partial charge in [0.15, 0.2) is 5.69 Å². The first kappa shape index (κ1) is 24.0. The number of carboxylic acid groups (broad SMARTS) is 1. The highest BCUT2D eigenvalue weighted by molar-refractivity contribution is 7.18. The van der Waals surface area contributed by atoms with E-state index in [4.69, 9.17) is 0 Å². The Labute approximate surface area is 193 Å². The molecule has 0 saturated carbocycles. The number of alkyl halides is 6. The number of halogens is 6. The van der Waals surface area contributed by atoms with Crippen LogP contribution in [0.15, 0.2) is 30.3 Å². The molecule has 3 heterocycles. The molecule has 182 valence electrons. The van der Waals surface area contributed by atoms with Gasteiger partial charge in [-0.05, 0) is 43.5 Å². The van der Waals surface area contributed by atoms with Gasteiger partial charge >= 0.3 is 18.3 Å². The maximum absolute atomic E-state index is 13.1. The molecule has 1 saturated heterocycles. The SMILES string of the molecule is Cc1cc(C(=O)O)n(-c2nc(N3CCC(C(F)(F)F)CC3)c(-c3ccc(C(F)(F)F)cc3)s2)n1. The molecular formula is C21H18F6N4O2S. The Morgan fingerprint density at radius 3 is 2.24 bits per heavy atom. The number of nitrogens with zero attached hydrogens (tertiary/aromatic N) is 4. The van der Waals surface area contributed by atoms with E-state index in [2.05, 4.69) is 10.1 Å². The first-order valence-corrected chi connectivity index (χ1v) is 11.0. The van der Waals surface area contributed by atoms with Crippen LogP contribution >= 0.6 is 11.3 Å². The van der Waals surface area contributed by atoms with Crippen molar-refractivity contribution in [2.75, 3.05) is 18.0 Å². The number of aromatic carboxylic acids is 1. The monoisotopic (exact) mass is 504 g/mol. The third-order valence-corrected chi connectivity index (χ3v) is 6.63. The number of hydrogen-bond acceptors (Lipinski definition) is 5. The van der Waals surface area contributed by atoms with E-state index in [0.29, 0.717) is 16.1 Å². The zero-order chi connectivity index (χ0) is 24.8. The molecule has 1 aromatic carbocycles. The highest BCUT2D eigenvalue weighted by atomic mass is 32.1. The Hall–Kier alpha value is -3.09. The van der Waals surface area contributed by atoms with Gasteiger partial charge in [0, 0.05) is 13.1 Å². The van der Waals surface area contributed by atoms with Crippen molar-refractivity contribution in [1.29, 1.82) is 0 Å². The third kappa shape index (κ3) is 4.74. The lowest BCUT2D eigenvalue weighted by molar-refractivity contribution is -0.179. The van der Waals surface area contributed by atoms with Crippen LogP contribution in [-0.4, -0.2) is 45.1 Å². The van der Waals surface area contributed by atoms with Crippen LogP contribution in [0.3, 0.4) is 0 Å². The van der Waals surface area contributed by atoms with E-state index in [1.165, 1.54) is 18.2 Å². The van der Waals surface area contributed by atoms with Gasteiger partial charge in [0.2, 0.25) is 5.13 Å². The zero-order valence-corrected chi connectivity index (χ0v) is 18.4. The summed E-state index contributed by atoms with van der Waals surface area (Å²) < 4.78 is 79.4. The summed E-state index contributed by atoms with van der Waals surface area (Å²) in [6.07, 6.45) is -9.13.